The van der Waals surface area contributed by atoms with Crippen molar-refractivity contribution in [2.24, 2.45) is 0 Å². The van der Waals surface area contributed by atoms with Crippen molar-refractivity contribution >= 4 is 27.5 Å². The van der Waals surface area contributed by atoms with Crippen molar-refractivity contribution in [2.45, 2.75) is 6.10 Å². The fourth-order valence-corrected chi connectivity index (χ4v) is 1.74. The summed E-state index contributed by atoms with van der Waals surface area (Å²) >= 11 is 9.23. The number of halogens is 2. The molecule has 0 radical (unpaired) electrons. The van der Waals surface area contributed by atoms with Crippen LogP contribution in [0.15, 0.2) is 45.7 Å². The molecule has 2 aromatic rings. The fraction of sp³-hybridized carbons (Fsp3) is 0.0909. The van der Waals surface area contributed by atoms with E-state index in [0.29, 0.717) is 10.6 Å². The van der Waals surface area contributed by atoms with Crippen molar-refractivity contribution in [1.82, 2.24) is 0 Å². The quantitative estimate of drug-likeness (QED) is 0.912. The third kappa shape index (κ3) is 2.25. The van der Waals surface area contributed by atoms with Crippen LogP contribution in [0, 0.1) is 0 Å². The monoisotopic (exact) mass is 286 g/mol. The molecule has 0 amide bonds. The second-order valence-electron chi connectivity index (χ2n) is 3.13. The zero-order valence-electron chi connectivity index (χ0n) is 7.65. The zero-order chi connectivity index (χ0) is 10.8. The van der Waals surface area contributed by atoms with Crippen molar-refractivity contribution in [3.05, 3.63) is 57.4 Å². The van der Waals surface area contributed by atoms with E-state index in [1.807, 2.05) is 6.07 Å². The van der Waals surface area contributed by atoms with Gasteiger partial charge in [-0.3, -0.25) is 0 Å². The number of aliphatic hydroxyl groups excluding tert-OH is 1. The lowest BCUT2D eigenvalue weighted by molar-refractivity contribution is 0.219. The van der Waals surface area contributed by atoms with Crippen LogP contribution >= 0.6 is 27.5 Å². The maximum atomic E-state index is 9.96. The molecule has 1 atom stereocenters. The van der Waals surface area contributed by atoms with Gasteiger partial charge >= 0.3 is 0 Å². The number of hydrogen-bond acceptors (Lipinski definition) is 2. The van der Waals surface area contributed by atoms with Crippen LogP contribution in [-0.4, -0.2) is 5.11 Å². The highest BCUT2D eigenvalue weighted by Crippen LogP contribution is 2.29. The van der Waals surface area contributed by atoms with Gasteiger partial charge in [-0.2, -0.15) is 0 Å². The molecule has 0 fully saturated rings. The van der Waals surface area contributed by atoms with Gasteiger partial charge in [0, 0.05) is 10.0 Å². The molecule has 1 aromatic heterocycles. The minimum Gasteiger partial charge on any atom is -0.472 e. The summed E-state index contributed by atoms with van der Waals surface area (Å²) in [6.45, 7) is 0. The summed E-state index contributed by atoms with van der Waals surface area (Å²) in [6.07, 6.45) is 2.34. The summed E-state index contributed by atoms with van der Waals surface area (Å²) in [5, 5.41) is 10.5. The van der Waals surface area contributed by atoms with E-state index >= 15 is 0 Å². The normalized spacial score (nSPS) is 12.7. The van der Waals surface area contributed by atoms with Crippen LogP contribution in [0.3, 0.4) is 0 Å². The molecule has 0 bridgehead atoms. The van der Waals surface area contributed by atoms with E-state index < -0.39 is 6.10 Å². The molecular weight excluding hydrogens is 279 g/mol. The standard InChI is InChI=1S/C11H8BrClO2/c12-9-2-1-7(5-10(9)13)11(14)8-3-4-15-6-8/h1-6,11,14H. The Bertz CT molecular complexity index is 454. The van der Waals surface area contributed by atoms with Crippen molar-refractivity contribution in [3.8, 4) is 0 Å². The van der Waals surface area contributed by atoms with E-state index in [0.717, 1.165) is 10.0 Å². The summed E-state index contributed by atoms with van der Waals surface area (Å²) < 4.78 is 5.72. The number of furan rings is 1. The summed E-state index contributed by atoms with van der Waals surface area (Å²) in [4.78, 5) is 0. The first-order chi connectivity index (χ1) is 7.18. The third-order valence-corrected chi connectivity index (χ3v) is 3.35. The Labute approximate surface area is 101 Å². The van der Waals surface area contributed by atoms with E-state index in [4.69, 9.17) is 16.0 Å². The topological polar surface area (TPSA) is 33.4 Å². The maximum Gasteiger partial charge on any atom is 0.107 e. The van der Waals surface area contributed by atoms with Gasteiger partial charge in [0.1, 0.15) is 6.10 Å². The highest BCUT2D eigenvalue weighted by molar-refractivity contribution is 9.10. The molecule has 0 saturated heterocycles. The summed E-state index contributed by atoms with van der Waals surface area (Å²) in [7, 11) is 0. The molecule has 0 aliphatic rings. The van der Waals surface area contributed by atoms with E-state index in [1.165, 1.54) is 12.5 Å². The first-order valence-electron chi connectivity index (χ1n) is 4.33. The van der Waals surface area contributed by atoms with Crippen LogP contribution in [0.2, 0.25) is 5.02 Å². The Morgan fingerprint density at radius 1 is 1.27 bits per heavy atom. The average molecular weight is 288 g/mol. The predicted molar refractivity (Wildman–Crippen MR) is 61.9 cm³/mol. The van der Waals surface area contributed by atoms with Gasteiger partial charge in [-0.25, -0.2) is 0 Å². The summed E-state index contributed by atoms with van der Waals surface area (Å²) in [5.41, 5.74) is 1.46. The molecule has 0 spiro atoms. The lowest BCUT2D eigenvalue weighted by Crippen LogP contribution is -1.97. The van der Waals surface area contributed by atoms with Crippen LogP contribution < -0.4 is 0 Å². The first-order valence-corrected chi connectivity index (χ1v) is 5.50. The molecular formula is C11H8BrClO2. The second-order valence-corrected chi connectivity index (χ2v) is 4.39. The van der Waals surface area contributed by atoms with Gasteiger partial charge in [-0.05, 0) is 39.7 Å². The third-order valence-electron chi connectivity index (χ3n) is 2.12. The number of aliphatic hydroxyl groups is 1. The molecule has 0 saturated carbocycles. The highest BCUT2D eigenvalue weighted by Gasteiger charge is 2.12. The molecule has 2 rings (SSSR count). The Balaban J connectivity index is 2.34. The molecule has 78 valence electrons. The molecule has 4 heteroatoms. The van der Waals surface area contributed by atoms with Gasteiger partial charge in [-0.15, -0.1) is 0 Å². The number of hydrogen-bond donors (Lipinski definition) is 1. The van der Waals surface area contributed by atoms with Crippen molar-refractivity contribution in [3.63, 3.8) is 0 Å². The SMILES string of the molecule is OC(c1ccoc1)c1ccc(Br)c(Cl)c1. The Kier molecular flexibility index (Phi) is 3.14. The molecule has 0 aliphatic heterocycles. The van der Waals surface area contributed by atoms with Crippen LogP contribution in [0.25, 0.3) is 0 Å². The molecule has 1 heterocycles. The fourth-order valence-electron chi connectivity index (χ4n) is 1.31. The van der Waals surface area contributed by atoms with Crippen molar-refractivity contribution in [1.29, 1.82) is 0 Å². The molecule has 1 aromatic carbocycles. The first kappa shape index (κ1) is 10.7. The van der Waals surface area contributed by atoms with Gasteiger partial charge in [0.25, 0.3) is 0 Å². The van der Waals surface area contributed by atoms with Gasteiger partial charge in [0.15, 0.2) is 0 Å². The predicted octanol–water partition coefficient (Wildman–Crippen LogP) is 3.78. The minimum atomic E-state index is -0.700. The van der Waals surface area contributed by atoms with E-state index in [1.54, 1.807) is 18.2 Å². The summed E-state index contributed by atoms with van der Waals surface area (Å²) in [5.74, 6) is 0. The molecule has 1 unspecified atom stereocenters. The van der Waals surface area contributed by atoms with Crippen LogP contribution in [0.5, 0.6) is 0 Å². The lowest BCUT2D eigenvalue weighted by atomic mass is 10.0. The zero-order valence-corrected chi connectivity index (χ0v) is 9.99. The van der Waals surface area contributed by atoms with Gasteiger partial charge in [0.2, 0.25) is 0 Å². The average Bonchev–Trinajstić information content (AvgIpc) is 2.74. The van der Waals surface area contributed by atoms with Crippen LogP contribution in [0.4, 0.5) is 0 Å². The molecule has 2 nitrogen and oxygen atoms in total. The number of benzene rings is 1. The van der Waals surface area contributed by atoms with Crippen molar-refractivity contribution in [2.75, 3.05) is 0 Å². The highest BCUT2D eigenvalue weighted by atomic mass is 79.9. The van der Waals surface area contributed by atoms with E-state index in [2.05, 4.69) is 15.9 Å². The van der Waals surface area contributed by atoms with Gasteiger partial charge in [-0.1, -0.05) is 17.7 Å². The van der Waals surface area contributed by atoms with Crippen LogP contribution in [-0.2, 0) is 0 Å². The lowest BCUT2D eigenvalue weighted by Gasteiger charge is -2.09. The smallest absolute Gasteiger partial charge is 0.107 e. The summed E-state index contributed by atoms with van der Waals surface area (Å²) in [6, 6.07) is 7.07. The second kappa shape index (κ2) is 4.39. The Morgan fingerprint density at radius 2 is 2.07 bits per heavy atom. The van der Waals surface area contributed by atoms with Gasteiger partial charge in [0.05, 0.1) is 17.5 Å². The molecule has 0 aliphatic carbocycles. The molecule has 15 heavy (non-hydrogen) atoms. The maximum absolute atomic E-state index is 9.96. The van der Waals surface area contributed by atoms with Crippen LogP contribution in [0.1, 0.15) is 17.2 Å². The van der Waals surface area contributed by atoms with E-state index in [-0.39, 0.29) is 0 Å². The Hall–Kier alpha value is -0.770. The number of rotatable bonds is 2. The largest absolute Gasteiger partial charge is 0.472 e. The van der Waals surface area contributed by atoms with E-state index in [9.17, 15) is 5.11 Å². The minimum absolute atomic E-state index is 0.579. The van der Waals surface area contributed by atoms with Gasteiger partial charge < -0.3 is 9.52 Å². The van der Waals surface area contributed by atoms with Crippen molar-refractivity contribution < 1.29 is 9.52 Å². The molecule has 1 N–H and O–H groups in total. The Morgan fingerprint density at radius 3 is 2.67 bits per heavy atom.